The second kappa shape index (κ2) is 7.84. The van der Waals surface area contributed by atoms with Gasteiger partial charge < -0.3 is 14.2 Å². The molecule has 0 aliphatic rings. The molecule has 116 valence electrons. The van der Waals surface area contributed by atoms with Gasteiger partial charge in [0, 0.05) is 4.47 Å². The number of hydrogen-bond donors (Lipinski definition) is 0. The van der Waals surface area contributed by atoms with E-state index < -0.39 is 5.97 Å². The van der Waals surface area contributed by atoms with Crippen molar-refractivity contribution >= 4 is 21.9 Å². The number of aryl methyl sites for hydroxylation is 1. The predicted octanol–water partition coefficient (Wildman–Crippen LogP) is 4.14. The van der Waals surface area contributed by atoms with Crippen LogP contribution in [0.25, 0.3) is 0 Å². The molecule has 0 heterocycles. The molecule has 0 aromatic heterocycles. The molecule has 0 saturated carbocycles. The van der Waals surface area contributed by atoms with E-state index in [4.69, 9.17) is 14.2 Å². The summed E-state index contributed by atoms with van der Waals surface area (Å²) >= 11 is 3.40. The number of esters is 1. The summed E-state index contributed by atoms with van der Waals surface area (Å²) < 4.78 is 17.1. The Bertz CT molecular complexity index is 655. The quantitative estimate of drug-likeness (QED) is 0.570. The molecular weight excluding hydrogens is 348 g/mol. The number of carbonyl (C=O) groups is 1. The first kappa shape index (κ1) is 16.4. The average Bonchev–Trinajstić information content (AvgIpc) is 2.50. The molecule has 0 amide bonds. The van der Waals surface area contributed by atoms with Crippen molar-refractivity contribution in [2.45, 2.75) is 13.8 Å². The number of benzene rings is 2. The number of ether oxygens (including phenoxy) is 3. The van der Waals surface area contributed by atoms with Crippen LogP contribution in [0.15, 0.2) is 46.9 Å². The molecule has 0 saturated heterocycles. The van der Waals surface area contributed by atoms with Gasteiger partial charge in [-0.05, 0) is 49.7 Å². The number of rotatable bonds is 6. The molecule has 0 atom stereocenters. The van der Waals surface area contributed by atoms with Gasteiger partial charge in [0.05, 0.1) is 6.61 Å². The zero-order chi connectivity index (χ0) is 15.9. The molecule has 0 aliphatic heterocycles. The predicted molar refractivity (Wildman–Crippen MR) is 87.6 cm³/mol. The van der Waals surface area contributed by atoms with Crippen molar-refractivity contribution < 1.29 is 19.0 Å². The van der Waals surface area contributed by atoms with E-state index in [0.717, 1.165) is 10.0 Å². The van der Waals surface area contributed by atoms with E-state index in [2.05, 4.69) is 15.9 Å². The molecule has 5 heteroatoms. The Hall–Kier alpha value is -2.01. The van der Waals surface area contributed by atoms with Gasteiger partial charge in [-0.3, -0.25) is 0 Å². The molecule has 0 N–H and O–H groups in total. The van der Waals surface area contributed by atoms with Gasteiger partial charge in [-0.2, -0.15) is 0 Å². The van der Waals surface area contributed by atoms with Gasteiger partial charge in [0.15, 0.2) is 18.1 Å². The summed E-state index contributed by atoms with van der Waals surface area (Å²) in [7, 11) is 0. The molecule has 0 unspecified atom stereocenters. The molecule has 2 rings (SSSR count). The minimum Gasteiger partial charge on any atom is -0.490 e. The third-order valence-corrected chi connectivity index (χ3v) is 3.75. The molecule has 22 heavy (non-hydrogen) atoms. The Balaban J connectivity index is 1.94. The standard InChI is InChI=1S/C17H17BrO4/c1-3-20-15-6-4-5-7-16(15)21-11-17(19)22-13-8-9-14(18)12(2)10-13/h4-10H,3,11H2,1-2H3. The Morgan fingerprint density at radius 3 is 2.41 bits per heavy atom. The van der Waals surface area contributed by atoms with Crippen LogP contribution in [0.1, 0.15) is 12.5 Å². The largest absolute Gasteiger partial charge is 0.490 e. The third kappa shape index (κ3) is 4.49. The van der Waals surface area contributed by atoms with Crippen molar-refractivity contribution in [3.8, 4) is 17.2 Å². The zero-order valence-electron chi connectivity index (χ0n) is 12.5. The van der Waals surface area contributed by atoms with Crippen molar-refractivity contribution in [2.75, 3.05) is 13.2 Å². The van der Waals surface area contributed by atoms with Crippen molar-refractivity contribution in [1.82, 2.24) is 0 Å². The molecule has 2 aromatic rings. The van der Waals surface area contributed by atoms with E-state index in [9.17, 15) is 4.79 Å². The maximum absolute atomic E-state index is 11.9. The minimum atomic E-state index is -0.465. The van der Waals surface area contributed by atoms with E-state index in [1.165, 1.54) is 0 Å². The smallest absolute Gasteiger partial charge is 0.349 e. The highest BCUT2D eigenvalue weighted by molar-refractivity contribution is 9.10. The summed E-state index contributed by atoms with van der Waals surface area (Å²) in [5, 5.41) is 0. The second-order valence-corrected chi connectivity index (χ2v) is 5.41. The summed E-state index contributed by atoms with van der Waals surface area (Å²) in [4.78, 5) is 11.9. The molecule has 0 radical (unpaired) electrons. The fourth-order valence-corrected chi connectivity index (χ4v) is 2.07. The summed E-state index contributed by atoms with van der Waals surface area (Å²) in [6.45, 7) is 4.17. The maximum atomic E-state index is 11.9. The van der Waals surface area contributed by atoms with Crippen LogP contribution in [0.5, 0.6) is 17.2 Å². The lowest BCUT2D eigenvalue weighted by atomic mass is 10.2. The highest BCUT2D eigenvalue weighted by Gasteiger charge is 2.10. The van der Waals surface area contributed by atoms with Gasteiger partial charge in [0.25, 0.3) is 0 Å². The highest BCUT2D eigenvalue weighted by atomic mass is 79.9. The molecular formula is C17H17BrO4. The van der Waals surface area contributed by atoms with E-state index in [1.807, 2.05) is 32.0 Å². The first-order valence-corrected chi connectivity index (χ1v) is 7.71. The second-order valence-electron chi connectivity index (χ2n) is 4.55. The van der Waals surface area contributed by atoms with Crippen molar-refractivity contribution in [2.24, 2.45) is 0 Å². The topological polar surface area (TPSA) is 44.8 Å². The first-order valence-electron chi connectivity index (χ1n) is 6.91. The van der Waals surface area contributed by atoms with Crippen LogP contribution in [0.3, 0.4) is 0 Å². The molecule has 4 nitrogen and oxygen atoms in total. The van der Waals surface area contributed by atoms with Crippen molar-refractivity contribution in [1.29, 1.82) is 0 Å². The Labute approximate surface area is 138 Å². The van der Waals surface area contributed by atoms with Crippen LogP contribution in [0.4, 0.5) is 0 Å². The Morgan fingerprint density at radius 2 is 1.77 bits per heavy atom. The molecule has 0 bridgehead atoms. The van der Waals surface area contributed by atoms with Crippen molar-refractivity contribution in [3.63, 3.8) is 0 Å². The average molecular weight is 365 g/mol. The van der Waals surface area contributed by atoms with E-state index in [1.54, 1.807) is 24.3 Å². The fraction of sp³-hybridized carbons (Fsp3) is 0.235. The van der Waals surface area contributed by atoms with Crippen LogP contribution in [-0.4, -0.2) is 19.2 Å². The molecule has 0 aliphatic carbocycles. The summed E-state index contributed by atoms with van der Waals surface area (Å²) in [5.74, 6) is 1.16. The lowest BCUT2D eigenvalue weighted by Gasteiger charge is -2.11. The molecule has 2 aromatic carbocycles. The highest BCUT2D eigenvalue weighted by Crippen LogP contribution is 2.26. The molecule has 0 spiro atoms. The SMILES string of the molecule is CCOc1ccccc1OCC(=O)Oc1ccc(Br)c(C)c1. The number of halogens is 1. The number of para-hydroxylation sites is 2. The van der Waals surface area contributed by atoms with Crippen LogP contribution in [-0.2, 0) is 4.79 Å². The lowest BCUT2D eigenvalue weighted by Crippen LogP contribution is -2.18. The van der Waals surface area contributed by atoms with E-state index >= 15 is 0 Å². The number of carbonyl (C=O) groups excluding carboxylic acids is 1. The summed E-state index contributed by atoms with van der Waals surface area (Å²) in [6.07, 6.45) is 0. The van der Waals surface area contributed by atoms with Crippen molar-refractivity contribution in [3.05, 3.63) is 52.5 Å². The lowest BCUT2D eigenvalue weighted by molar-refractivity contribution is -0.136. The Kier molecular flexibility index (Phi) is 5.83. The Morgan fingerprint density at radius 1 is 1.09 bits per heavy atom. The van der Waals surface area contributed by atoms with Crippen LogP contribution in [0.2, 0.25) is 0 Å². The van der Waals surface area contributed by atoms with Crippen LogP contribution in [0, 0.1) is 6.92 Å². The van der Waals surface area contributed by atoms with E-state index in [-0.39, 0.29) is 6.61 Å². The van der Waals surface area contributed by atoms with Crippen LogP contribution >= 0.6 is 15.9 Å². The number of hydrogen-bond acceptors (Lipinski definition) is 4. The third-order valence-electron chi connectivity index (χ3n) is 2.86. The normalized spacial score (nSPS) is 10.1. The maximum Gasteiger partial charge on any atom is 0.349 e. The summed E-state index contributed by atoms with van der Waals surface area (Å²) in [6, 6.07) is 12.6. The minimum absolute atomic E-state index is 0.181. The first-order chi connectivity index (χ1) is 10.6. The van der Waals surface area contributed by atoms with Gasteiger partial charge in [0.1, 0.15) is 5.75 Å². The van der Waals surface area contributed by atoms with Crippen LogP contribution < -0.4 is 14.2 Å². The molecule has 0 fully saturated rings. The fourth-order valence-electron chi connectivity index (χ4n) is 1.82. The van der Waals surface area contributed by atoms with Gasteiger partial charge in [-0.25, -0.2) is 4.79 Å². The monoisotopic (exact) mass is 364 g/mol. The van der Waals surface area contributed by atoms with Gasteiger partial charge in [0.2, 0.25) is 0 Å². The van der Waals surface area contributed by atoms with Gasteiger partial charge >= 0.3 is 5.97 Å². The van der Waals surface area contributed by atoms with Gasteiger partial charge in [-0.1, -0.05) is 28.1 Å². The van der Waals surface area contributed by atoms with Gasteiger partial charge in [-0.15, -0.1) is 0 Å². The zero-order valence-corrected chi connectivity index (χ0v) is 14.1. The summed E-state index contributed by atoms with van der Waals surface area (Å²) in [5.41, 5.74) is 0.993. The van der Waals surface area contributed by atoms with E-state index in [0.29, 0.717) is 23.9 Å².